The van der Waals surface area contributed by atoms with Crippen molar-refractivity contribution in [2.75, 3.05) is 14.2 Å². The first kappa shape index (κ1) is 10.7. The van der Waals surface area contributed by atoms with Crippen molar-refractivity contribution in [2.45, 2.75) is 0 Å². The Kier molecular flexibility index (Phi) is 2.66. The minimum Gasteiger partial charge on any atom is -0.350 e. The Morgan fingerprint density at radius 3 is 2.75 bits per heavy atom. The Hall–Kier alpha value is -1.81. The number of hydrogen-bond donors (Lipinski definition) is 0. The fraction of sp³-hybridized carbons (Fsp3) is 0.250. The van der Waals surface area contributed by atoms with Gasteiger partial charge in [-0.3, -0.25) is 9.63 Å². The van der Waals surface area contributed by atoms with E-state index in [0.29, 0.717) is 5.56 Å². The molecule has 0 bridgehead atoms. The zero-order valence-electron chi connectivity index (χ0n) is 9.60. The summed E-state index contributed by atoms with van der Waals surface area (Å²) in [5, 5.41) is 2.17. The number of para-hydroxylation sites is 1. The summed E-state index contributed by atoms with van der Waals surface area (Å²) in [5.41, 5.74) is 1.69. The van der Waals surface area contributed by atoms with Gasteiger partial charge in [0.2, 0.25) is 0 Å². The predicted molar refractivity (Wildman–Crippen MR) is 62.0 cm³/mol. The van der Waals surface area contributed by atoms with Crippen LogP contribution >= 0.6 is 0 Å². The summed E-state index contributed by atoms with van der Waals surface area (Å²) in [6.07, 6.45) is 1.82. The third-order valence-corrected chi connectivity index (χ3v) is 2.69. The average molecular weight is 218 g/mol. The molecule has 0 spiro atoms. The first-order valence-electron chi connectivity index (χ1n) is 5.01. The summed E-state index contributed by atoms with van der Waals surface area (Å²) < 4.78 is 1.94. The van der Waals surface area contributed by atoms with E-state index in [-0.39, 0.29) is 5.91 Å². The summed E-state index contributed by atoms with van der Waals surface area (Å²) in [6.45, 7) is 0. The van der Waals surface area contributed by atoms with Gasteiger partial charge in [0.15, 0.2) is 0 Å². The molecule has 4 nitrogen and oxygen atoms in total. The van der Waals surface area contributed by atoms with Crippen molar-refractivity contribution < 1.29 is 9.63 Å². The third kappa shape index (κ3) is 1.57. The number of hydrogen-bond acceptors (Lipinski definition) is 2. The highest BCUT2D eigenvalue weighted by molar-refractivity contribution is 6.06. The lowest BCUT2D eigenvalue weighted by Crippen LogP contribution is -2.25. The Bertz CT molecular complexity index is 531. The van der Waals surface area contributed by atoms with Crippen LogP contribution in [0.1, 0.15) is 10.4 Å². The quantitative estimate of drug-likeness (QED) is 0.720. The van der Waals surface area contributed by atoms with Crippen LogP contribution in [-0.4, -0.2) is 29.7 Å². The van der Waals surface area contributed by atoms with Gasteiger partial charge in [0.05, 0.1) is 12.7 Å². The predicted octanol–water partition coefficient (Wildman–Crippen LogP) is 1.81. The van der Waals surface area contributed by atoms with Crippen LogP contribution in [0.4, 0.5) is 0 Å². The molecule has 0 aliphatic carbocycles. The molecule has 2 rings (SSSR count). The number of aromatic nitrogens is 1. The van der Waals surface area contributed by atoms with Gasteiger partial charge in [0, 0.05) is 31.2 Å². The smallest absolute Gasteiger partial charge is 0.279 e. The monoisotopic (exact) mass is 218 g/mol. The molecule has 0 unspecified atom stereocenters. The highest BCUT2D eigenvalue weighted by Crippen LogP contribution is 2.21. The van der Waals surface area contributed by atoms with E-state index < -0.39 is 0 Å². The number of amides is 1. The molecule has 0 N–H and O–H groups in total. The number of hydroxylamine groups is 2. The molecule has 1 aromatic carbocycles. The molecule has 0 aliphatic heterocycles. The molecule has 0 fully saturated rings. The first-order valence-corrected chi connectivity index (χ1v) is 5.01. The van der Waals surface area contributed by atoms with E-state index in [1.54, 1.807) is 7.05 Å². The number of carbonyl (C=O) groups is 1. The largest absolute Gasteiger partial charge is 0.350 e. The lowest BCUT2D eigenvalue weighted by atomic mass is 10.1. The van der Waals surface area contributed by atoms with Crippen LogP contribution in [0.5, 0.6) is 0 Å². The second-order valence-electron chi connectivity index (χ2n) is 3.66. The lowest BCUT2D eigenvalue weighted by molar-refractivity contribution is -0.0755. The lowest BCUT2D eigenvalue weighted by Gasteiger charge is -2.12. The van der Waals surface area contributed by atoms with Crippen LogP contribution in [0, 0.1) is 0 Å². The van der Waals surface area contributed by atoms with E-state index in [1.165, 1.54) is 12.2 Å². The fourth-order valence-corrected chi connectivity index (χ4v) is 1.76. The van der Waals surface area contributed by atoms with Gasteiger partial charge in [-0.2, -0.15) is 0 Å². The van der Waals surface area contributed by atoms with E-state index in [4.69, 9.17) is 4.84 Å². The molecule has 0 saturated carbocycles. The van der Waals surface area contributed by atoms with Gasteiger partial charge in [-0.1, -0.05) is 18.2 Å². The molecule has 4 heteroatoms. The summed E-state index contributed by atoms with van der Waals surface area (Å²) in [6, 6.07) is 7.80. The maximum absolute atomic E-state index is 12.0. The van der Waals surface area contributed by atoms with Crippen LogP contribution in [0.3, 0.4) is 0 Å². The van der Waals surface area contributed by atoms with Crippen molar-refractivity contribution in [3.63, 3.8) is 0 Å². The van der Waals surface area contributed by atoms with Gasteiger partial charge in [0.25, 0.3) is 5.91 Å². The topological polar surface area (TPSA) is 34.5 Å². The normalized spacial score (nSPS) is 10.7. The number of nitrogens with zero attached hydrogens (tertiary/aromatic N) is 2. The van der Waals surface area contributed by atoms with Crippen LogP contribution in [0.15, 0.2) is 30.5 Å². The fourth-order valence-electron chi connectivity index (χ4n) is 1.76. The standard InChI is InChI=1S/C12H14N2O2/c1-13-8-10(12(15)14(2)16-3)9-6-4-5-7-11(9)13/h4-8H,1-3H3. The SMILES string of the molecule is CON(C)C(=O)c1cn(C)c2ccccc12. The number of aryl methyl sites for hydroxylation is 1. The molecule has 1 amide bonds. The molecular weight excluding hydrogens is 204 g/mol. The Morgan fingerprint density at radius 2 is 2.06 bits per heavy atom. The summed E-state index contributed by atoms with van der Waals surface area (Å²) in [5.74, 6) is -0.140. The van der Waals surface area contributed by atoms with Gasteiger partial charge in [-0.25, -0.2) is 5.06 Å². The second-order valence-corrected chi connectivity index (χ2v) is 3.66. The number of fused-ring (bicyclic) bond motifs is 1. The average Bonchev–Trinajstić information content (AvgIpc) is 2.65. The van der Waals surface area contributed by atoms with Crippen LogP contribution in [-0.2, 0) is 11.9 Å². The minimum atomic E-state index is -0.140. The molecule has 0 saturated heterocycles. The first-order chi connectivity index (χ1) is 7.65. The Labute approximate surface area is 94.0 Å². The van der Waals surface area contributed by atoms with Crippen molar-refractivity contribution in [1.29, 1.82) is 0 Å². The highest BCUT2D eigenvalue weighted by Gasteiger charge is 2.16. The molecule has 1 aromatic heterocycles. The molecule has 2 aromatic rings. The van der Waals surface area contributed by atoms with Crippen molar-refractivity contribution >= 4 is 16.8 Å². The Balaban J connectivity index is 2.57. The molecular formula is C12H14N2O2. The van der Waals surface area contributed by atoms with E-state index in [1.807, 2.05) is 42.1 Å². The number of benzene rings is 1. The maximum atomic E-state index is 12.0. The van der Waals surface area contributed by atoms with Crippen LogP contribution < -0.4 is 0 Å². The summed E-state index contributed by atoms with van der Waals surface area (Å²) in [7, 11) is 5.00. The van der Waals surface area contributed by atoms with Crippen molar-refractivity contribution in [1.82, 2.24) is 9.63 Å². The summed E-state index contributed by atoms with van der Waals surface area (Å²) in [4.78, 5) is 16.9. The van der Waals surface area contributed by atoms with Crippen LogP contribution in [0.25, 0.3) is 10.9 Å². The third-order valence-electron chi connectivity index (χ3n) is 2.69. The van der Waals surface area contributed by atoms with Crippen molar-refractivity contribution in [3.8, 4) is 0 Å². The van der Waals surface area contributed by atoms with Gasteiger partial charge in [-0.15, -0.1) is 0 Å². The minimum absolute atomic E-state index is 0.140. The van der Waals surface area contributed by atoms with E-state index in [0.717, 1.165) is 10.9 Å². The van der Waals surface area contributed by atoms with Crippen molar-refractivity contribution in [2.24, 2.45) is 7.05 Å². The molecule has 0 aliphatic rings. The Morgan fingerprint density at radius 1 is 1.38 bits per heavy atom. The van der Waals surface area contributed by atoms with Gasteiger partial charge in [0.1, 0.15) is 0 Å². The second kappa shape index (κ2) is 3.98. The van der Waals surface area contributed by atoms with Gasteiger partial charge in [-0.05, 0) is 6.07 Å². The van der Waals surface area contributed by atoms with E-state index >= 15 is 0 Å². The van der Waals surface area contributed by atoms with Gasteiger partial charge >= 0.3 is 0 Å². The number of carbonyl (C=O) groups excluding carboxylic acids is 1. The van der Waals surface area contributed by atoms with Crippen molar-refractivity contribution in [3.05, 3.63) is 36.0 Å². The van der Waals surface area contributed by atoms with E-state index in [2.05, 4.69) is 0 Å². The molecule has 0 atom stereocenters. The highest BCUT2D eigenvalue weighted by atomic mass is 16.7. The van der Waals surface area contributed by atoms with E-state index in [9.17, 15) is 4.79 Å². The molecule has 0 radical (unpaired) electrons. The molecule has 1 heterocycles. The zero-order valence-corrected chi connectivity index (χ0v) is 9.60. The zero-order chi connectivity index (χ0) is 11.7. The maximum Gasteiger partial charge on any atom is 0.279 e. The molecule has 16 heavy (non-hydrogen) atoms. The van der Waals surface area contributed by atoms with Gasteiger partial charge < -0.3 is 4.57 Å². The molecule has 84 valence electrons. The summed E-state index contributed by atoms with van der Waals surface area (Å²) >= 11 is 0. The van der Waals surface area contributed by atoms with Crippen LogP contribution in [0.2, 0.25) is 0 Å². The number of rotatable bonds is 2.